The van der Waals surface area contributed by atoms with Crippen molar-refractivity contribution in [2.45, 2.75) is 13.2 Å². The van der Waals surface area contributed by atoms with Crippen molar-refractivity contribution >= 4 is 64.6 Å². The second-order valence-electron chi connectivity index (χ2n) is 12.7. The van der Waals surface area contributed by atoms with Crippen molar-refractivity contribution in [1.29, 1.82) is 0 Å². The maximum absolute atomic E-state index is 5.97. The van der Waals surface area contributed by atoms with Gasteiger partial charge in [-0.2, -0.15) is 0 Å². The van der Waals surface area contributed by atoms with Crippen LogP contribution < -0.4 is 0 Å². The van der Waals surface area contributed by atoms with Crippen LogP contribution in [0.5, 0.6) is 0 Å². The monoisotopic (exact) mass is 666 g/mol. The minimum atomic E-state index is 0.525. The van der Waals surface area contributed by atoms with Crippen molar-refractivity contribution in [1.82, 2.24) is 0 Å². The molecule has 0 unspecified atom stereocenters. The van der Waals surface area contributed by atoms with Crippen molar-refractivity contribution in [2.75, 3.05) is 66.1 Å². The summed E-state index contributed by atoms with van der Waals surface area (Å²) in [4.78, 5) is 0. The number of benzene rings is 8. The number of hydrogen-bond donors (Lipinski definition) is 0. The smallest absolute Gasteiger partial charge is 0.0724 e. The quantitative estimate of drug-likeness (QED) is 0.0634. The molecule has 0 amide bonds. The first kappa shape index (κ1) is 32.8. The molecule has 0 aliphatic heterocycles. The third kappa shape index (κ3) is 6.96. The Morgan fingerprint density at radius 2 is 0.540 bits per heavy atom. The van der Waals surface area contributed by atoms with Crippen LogP contribution in [0.4, 0.5) is 0 Å². The molecule has 0 saturated carbocycles. The van der Waals surface area contributed by atoms with Gasteiger partial charge in [-0.05, 0) is 75.8 Å². The molecule has 50 heavy (non-hydrogen) atoms. The van der Waals surface area contributed by atoms with Gasteiger partial charge in [0.1, 0.15) is 0 Å². The van der Waals surface area contributed by atoms with Crippen LogP contribution in [0, 0.1) is 0 Å². The van der Waals surface area contributed by atoms with Crippen LogP contribution >= 0.6 is 0 Å². The fraction of sp³-hybridized carbons (Fsp3) is 0.273. The summed E-state index contributed by atoms with van der Waals surface area (Å²) in [5.74, 6) is 0. The molecule has 6 nitrogen and oxygen atoms in total. The first-order chi connectivity index (χ1) is 24.8. The predicted molar refractivity (Wildman–Crippen MR) is 203 cm³/mol. The van der Waals surface area contributed by atoms with Crippen LogP contribution in [0.15, 0.2) is 109 Å². The summed E-state index contributed by atoms with van der Waals surface area (Å²) in [6.07, 6.45) is 0. The van der Waals surface area contributed by atoms with Gasteiger partial charge in [0.05, 0.1) is 79.3 Å². The fourth-order valence-electron chi connectivity index (χ4n) is 7.20. The Morgan fingerprint density at radius 1 is 0.260 bits per heavy atom. The summed E-state index contributed by atoms with van der Waals surface area (Å²) >= 11 is 0. The normalized spacial score (nSPS) is 12.2. The van der Waals surface area contributed by atoms with E-state index >= 15 is 0 Å². The Hall–Kier alpha value is -4.40. The van der Waals surface area contributed by atoms with Gasteiger partial charge in [-0.25, -0.2) is 0 Å². The molecule has 8 rings (SSSR count). The molecular weight excluding hydrogens is 624 g/mol. The van der Waals surface area contributed by atoms with Crippen molar-refractivity contribution in [2.24, 2.45) is 0 Å². The molecule has 0 radical (unpaired) electrons. The molecule has 0 heterocycles. The molecule has 0 aliphatic rings. The third-order valence-corrected chi connectivity index (χ3v) is 9.61. The highest BCUT2D eigenvalue weighted by molar-refractivity contribution is 6.24. The Balaban J connectivity index is 0.648. The maximum Gasteiger partial charge on any atom is 0.0724 e. The molecule has 0 bridgehead atoms. The van der Waals surface area contributed by atoms with Gasteiger partial charge in [-0.1, -0.05) is 109 Å². The average Bonchev–Trinajstić information content (AvgIpc) is 3.16. The van der Waals surface area contributed by atoms with E-state index in [1.165, 1.54) is 75.8 Å². The van der Waals surface area contributed by atoms with E-state index in [0.29, 0.717) is 79.3 Å². The van der Waals surface area contributed by atoms with E-state index in [1.807, 2.05) is 0 Å². The molecule has 8 aromatic rings. The zero-order chi connectivity index (χ0) is 33.5. The number of ether oxygens (including phenoxy) is 6. The number of rotatable bonds is 19. The highest BCUT2D eigenvalue weighted by Crippen LogP contribution is 2.37. The second kappa shape index (κ2) is 15.7. The third-order valence-electron chi connectivity index (χ3n) is 9.61. The molecule has 0 fully saturated rings. The van der Waals surface area contributed by atoms with Gasteiger partial charge in [-0.3, -0.25) is 0 Å². The van der Waals surface area contributed by atoms with Crippen LogP contribution in [0.25, 0.3) is 64.6 Å². The molecule has 0 aromatic heterocycles. The molecule has 0 aliphatic carbocycles. The predicted octanol–water partition coefficient (Wildman–Crippen LogP) is 9.28. The summed E-state index contributed by atoms with van der Waals surface area (Å²) in [5.41, 5.74) is 2.41. The summed E-state index contributed by atoms with van der Waals surface area (Å²) in [7, 11) is 0. The van der Waals surface area contributed by atoms with E-state index in [2.05, 4.69) is 109 Å². The van der Waals surface area contributed by atoms with Crippen molar-refractivity contribution in [3.8, 4) is 0 Å². The minimum Gasteiger partial charge on any atom is -0.377 e. The Kier molecular flexibility index (Phi) is 10.3. The van der Waals surface area contributed by atoms with Crippen molar-refractivity contribution in [3.63, 3.8) is 0 Å². The second-order valence-corrected chi connectivity index (χ2v) is 12.7. The van der Waals surface area contributed by atoms with Gasteiger partial charge < -0.3 is 28.4 Å². The zero-order valence-corrected chi connectivity index (χ0v) is 28.3. The average molecular weight is 667 g/mol. The summed E-state index contributed by atoms with van der Waals surface area (Å²) in [6, 6.07) is 39.4. The SMILES string of the molecule is c1cc2ccc3ccc(COCCOCCOCCOCCOCCOCc4ccc5ccc6cccc7ccc4c5c67)c4ccc(c1)c2c34. The Labute approximate surface area is 292 Å². The van der Waals surface area contributed by atoms with Crippen molar-refractivity contribution < 1.29 is 28.4 Å². The topological polar surface area (TPSA) is 55.4 Å². The molecule has 254 valence electrons. The molecule has 0 atom stereocenters. The Bertz CT molecular complexity index is 2120. The Morgan fingerprint density at radius 3 is 0.900 bits per heavy atom. The number of hydrogen-bond acceptors (Lipinski definition) is 6. The van der Waals surface area contributed by atoms with Gasteiger partial charge in [0.25, 0.3) is 0 Å². The van der Waals surface area contributed by atoms with Gasteiger partial charge in [0.15, 0.2) is 0 Å². The van der Waals surface area contributed by atoms with E-state index in [9.17, 15) is 0 Å². The maximum atomic E-state index is 5.97. The van der Waals surface area contributed by atoms with Gasteiger partial charge >= 0.3 is 0 Å². The molecule has 0 saturated heterocycles. The van der Waals surface area contributed by atoms with Crippen LogP contribution in [-0.4, -0.2) is 66.1 Å². The van der Waals surface area contributed by atoms with E-state index in [0.717, 1.165) is 0 Å². The highest BCUT2D eigenvalue weighted by Gasteiger charge is 2.12. The first-order valence-corrected chi connectivity index (χ1v) is 17.6. The van der Waals surface area contributed by atoms with Crippen LogP contribution in [-0.2, 0) is 41.6 Å². The molecule has 0 N–H and O–H groups in total. The lowest BCUT2D eigenvalue weighted by atomic mass is 9.92. The molecule has 8 aromatic carbocycles. The highest BCUT2D eigenvalue weighted by atomic mass is 16.6. The molecule has 6 heteroatoms. The lowest BCUT2D eigenvalue weighted by Crippen LogP contribution is -2.14. The van der Waals surface area contributed by atoms with Crippen LogP contribution in [0.3, 0.4) is 0 Å². The summed E-state index contributed by atoms with van der Waals surface area (Å²) in [5, 5.41) is 15.5. The largest absolute Gasteiger partial charge is 0.377 e. The van der Waals surface area contributed by atoms with Gasteiger partial charge in [0.2, 0.25) is 0 Å². The van der Waals surface area contributed by atoms with E-state index in [1.54, 1.807) is 0 Å². The zero-order valence-electron chi connectivity index (χ0n) is 28.3. The summed E-state index contributed by atoms with van der Waals surface area (Å²) in [6.45, 7) is 6.42. The fourth-order valence-corrected chi connectivity index (χ4v) is 7.20. The van der Waals surface area contributed by atoms with E-state index in [4.69, 9.17) is 28.4 Å². The van der Waals surface area contributed by atoms with E-state index < -0.39 is 0 Å². The van der Waals surface area contributed by atoms with Crippen molar-refractivity contribution in [3.05, 3.63) is 120 Å². The lowest BCUT2D eigenvalue weighted by Gasteiger charge is -2.14. The van der Waals surface area contributed by atoms with Gasteiger partial charge in [0, 0.05) is 0 Å². The van der Waals surface area contributed by atoms with Crippen LogP contribution in [0.2, 0.25) is 0 Å². The van der Waals surface area contributed by atoms with E-state index in [-0.39, 0.29) is 0 Å². The molecular formula is C44H42O6. The minimum absolute atomic E-state index is 0.525. The first-order valence-electron chi connectivity index (χ1n) is 17.6. The standard InChI is InChI=1S/C44H42O6/c1-3-31-7-9-35-11-13-37(39-17-15-33(5-1)41(31)43(35)39)29-49-27-25-47-23-21-45-19-20-46-22-24-48-26-28-50-30-38-14-12-36-10-8-32-4-2-6-34-16-18-40(38)44(36)42(32)34/h1-18H,19-30H2. The summed E-state index contributed by atoms with van der Waals surface area (Å²) < 4.78 is 34.6. The lowest BCUT2D eigenvalue weighted by molar-refractivity contribution is -0.0184. The van der Waals surface area contributed by atoms with Crippen LogP contribution in [0.1, 0.15) is 11.1 Å². The van der Waals surface area contributed by atoms with Gasteiger partial charge in [-0.15, -0.1) is 0 Å². The molecule has 0 spiro atoms.